The van der Waals surface area contributed by atoms with Crippen molar-refractivity contribution in [2.24, 2.45) is 27.7 Å². The Morgan fingerprint density at radius 2 is 2.06 bits per heavy atom. The number of hydrogen-bond donors (Lipinski definition) is 0. The molecule has 0 N–H and O–H groups in total. The Hall–Kier alpha value is -1.89. The summed E-state index contributed by atoms with van der Waals surface area (Å²) in [5.41, 5.74) is -0.0433. The Morgan fingerprint density at radius 3 is 2.65 bits per heavy atom. The van der Waals surface area contributed by atoms with Crippen molar-refractivity contribution in [1.29, 1.82) is 0 Å². The highest BCUT2D eigenvalue weighted by Gasteiger charge is 2.44. The van der Waals surface area contributed by atoms with Gasteiger partial charge in [0.25, 0.3) is 5.91 Å². The van der Waals surface area contributed by atoms with Gasteiger partial charge in [0.15, 0.2) is 11.0 Å². The van der Waals surface area contributed by atoms with Crippen LogP contribution in [0.25, 0.3) is 0 Å². The maximum absolute atomic E-state index is 12.9. The standard InChI is InChI=1S/C24H34N2O4S/c1-7-26(22-25-20(28)17-14-23(2,3)13-12-18(17)31-22)16-10-8-15(9-11-16)19(27)24(4,5)21(29)30-6/h8,10-11,15,17-18H,7,9,12-14H2,1-6H3. The van der Waals surface area contributed by atoms with Crippen molar-refractivity contribution in [3.63, 3.8) is 0 Å². The molecule has 2 aliphatic carbocycles. The second-order valence-electron chi connectivity index (χ2n) is 9.96. The number of methoxy groups -OCH3 is 1. The molecule has 3 unspecified atom stereocenters. The van der Waals surface area contributed by atoms with E-state index in [0.717, 1.165) is 30.1 Å². The molecule has 0 bridgehead atoms. The van der Waals surface area contributed by atoms with E-state index in [2.05, 4.69) is 23.7 Å². The van der Waals surface area contributed by atoms with Crippen LogP contribution in [-0.4, -0.2) is 46.6 Å². The molecule has 1 fully saturated rings. The fraction of sp³-hybridized carbons (Fsp3) is 0.667. The SMILES string of the molecule is CCN(C1=CCC(C(=O)C(C)(C)C(=O)OC)C=C1)C1=NC(=O)C2CC(C)(C)CCC2S1. The lowest BCUT2D eigenvalue weighted by atomic mass is 9.71. The fourth-order valence-corrected chi connectivity index (χ4v) is 6.05. The monoisotopic (exact) mass is 446 g/mol. The van der Waals surface area contributed by atoms with E-state index in [1.807, 2.05) is 25.2 Å². The summed E-state index contributed by atoms with van der Waals surface area (Å²) in [6, 6.07) is 0. The van der Waals surface area contributed by atoms with Crippen LogP contribution < -0.4 is 0 Å². The maximum Gasteiger partial charge on any atom is 0.318 e. The van der Waals surface area contributed by atoms with Crippen LogP contribution in [0.3, 0.4) is 0 Å². The number of aliphatic imine (C=N–C) groups is 1. The number of nitrogens with zero attached hydrogens (tertiary/aromatic N) is 2. The minimum absolute atomic E-state index is 0.00162. The van der Waals surface area contributed by atoms with Crippen LogP contribution >= 0.6 is 11.8 Å². The molecule has 0 aromatic heterocycles. The first-order valence-electron chi connectivity index (χ1n) is 11.1. The number of amidine groups is 1. The van der Waals surface area contributed by atoms with E-state index in [9.17, 15) is 14.4 Å². The first-order valence-corrected chi connectivity index (χ1v) is 12.0. The number of hydrogen-bond acceptors (Lipinski definition) is 6. The highest BCUT2D eigenvalue weighted by molar-refractivity contribution is 8.14. The molecule has 3 rings (SSSR count). The molecular weight excluding hydrogens is 412 g/mol. The van der Waals surface area contributed by atoms with E-state index in [1.54, 1.807) is 25.6 Å². The van der Waals surface area contributed by atoms with E-state index in [4.69, 9.17) is 4.74 Å². The molecule has 1 aliphatic heterocycles. The third kappa shape index (κ3) is 4.81. The zero-order valence-corrected chi connectivity index (χ0v) is 20.3. The van der Waals surface area contributed by atoms with Gasteiger partial charge in [-0.2, -0.15) is 4.99 Å². The van der Waals surface area contributed by atoms with Crippen molar-refractivity contribution in [3.8, 4) is 0 Å². The zero-order valence-electron chi connectivity index (χ0n) is 19.4. The molecule has 0 aromatic rings. The van der Waals surface area contributed by atoms with Gasteiger partial charge < -0.3 is 9.64 Å². The Bertz CT molecular complexity index is 856. The van der Waals surface area contributed by atoms with Gasteiger partial charge in [-0.1, -0.05) is 37.8 Å². The predicted molar refractivity (Wildman–Crippen MR) is 123 cm³/mol. The van der Waals surface area contributed by atoms with Gasteiger partial charge in [0.1, 0.15) is 5.41 Å². The largest absolute Gasteiger partial charge is 0.468 e. The predicted octanol–water partition coefficient (Wildman–Crippen LogP) is 4.36. The van der Waals surface area contributed by atoms with E-state index in [1.165, 1.54) is 7.11 Å². The Labute approximate surface area is 189 Å². The molecule has 6 nitrogen and oxygen atoms in total. The minimum atomic E-state index is -1.18. The molecule has 3 aliphatic rings. The molecule has 1 amide bonds. The molecule has 1 heterocycles. The average molecular weight is 447 g/mol. The number of carbonyl (C=O) groups excluding carboxylic acids is 3. The highest BCUT2D eigenvalue weighted by atomic mass is 32.2. The number of ketones is 1. The molecule has 31 heavy (non-hydrogen) atoms. The van der Waals surface area contributed by atoms with Crippen molar-refractivity contribution in [3.05, 3.63) is 23.9 Å². The number of ether oxygens (including phenoxy) is 1. The van der Waals surface area contributed by atoms with E-state index >= 15 is 0 Å². The van der Waals surface area contributed by atoms with E-state index in [0.29, 0.717) is 13.0 Å². The summed E-state index contributed by atoms with van der Waals surface area (Å²) in [6.07, 6.45) is 9.32. The third-order valence-corrected chi connectivity index (χ3v) is 8.08. The fourth-order valence-electron chi connectivity index (χ4n) is 4.66. The van der Waals surface area contributed by atoms with Gasteiger partial charge in [-0.25, -0.2) is 0 Å². The number of fused-ring (bicyclic) bond motifs is 1. The molecule has 0 spiro atoms. The van der Waals surface area contributed by atoms with Crippen molar-refractivity contribution >= 4 is 34.6 Å². The number of amides is 1. The average Bonchev–Trinajstić information content (AvgIpc) is 2.74. The van der Waals surface area contributed by atoms with Crippen LogP contribution in [0.15, 0.2) is 28.9 Å². The summed E-state index contributed by atoms with van der Waals surface area (Å²) >= 11 is 1.72. The smallest absolute Gasteiger partial charge is 0.318 e. The summed E-state index contributed by atoms with van der Waals surface area (Å²) in [4.78, 5) is 44.2. The lowest BCUT2D eigenvalue weighted by Gasteiger charge is -2.42. The lowest BCUT2D eigenvalue weighted by molar-refractivity contribution is -0.156. The normalized spacial score (nSPS) is 27.7. The molecule has 1 saturated carbocycles. The summed E-state index contributed by atoms with van der Waals surface area (Å²) in [5, 5.41) is 1.04. The van der Waals surface area contributed by atoms with Crippen LogP contribution in [-0.2, 0) is 19.1 Å². The van der Waals surface area contributed by atoms with Gasteiger partial charge in [0, 0.05) is 23.4 Å². The third-order valence-electron chi connectivity index (χ3n) is 6.69. The maximum atomic E-state index is 12.9. The zero-order chi connectivity index (χ0) is 23.0. The molecule has 3 atom stereocenters. The second kappa shape index (κ2) is 8.93. The van der Waals surface area contributed by atoms with Gasteiger partial charge in [-0.3, -0.25) is 14.4 Å². The number of esters is 1. The summed E-state index contributed by atoms with van der Waals surface area (Å²) < 4.78 is 4.79. The molecule has 7 heteroatoms. The topological polar surface area (TPSA) is 76.0 Å². The lowest BCUT2D eigenvalue weighted by Crippen LogP contribution is -2.43. The number of Topliss-reactive ketones (excluding diaryl/α,β-unsaturated/α-hetero) is 1. The van der Waals surface area contributed by atoms with Gasteiger partial charge >= 0.3 is 5.97 Å². The van der Waals surface area contributed by atoms with Gasteiger partial charge in [0.05, 0.1) is 13.0 Å². The van der Waals surface area contributed by atoms with Crippen molar-refractivity contribution < 1.29 is 19.1 Å². The van der Waals surface area contributed by atoms with Crippen LogP contribution in [0, 0.1) is 22.7 Å². The van der Waals surface area contributed by atoms with E-state index in [-0.39, 0.29) is 34.2 Å². The minimum Gasteiger partial charge on any atom is -0.468 e. The van der Waals surface area contributed by atoms with Gasteiger partial charge in [0.2, 0.25) is 0 Å². The first-order chi connectivity index (χ1) is 14.5. The van der Waals surface area contributed by atoms with Crippen LogP contribution in [0.1, 0.15) is 60.3 Å². The first kappa shape index (κ1) is 23.8. The van der Waals surface area contributed by atoms with Gasteiger partial charge in [-0.15, -0.1) is 0 Å². The van der Waals surface area contributed by atoms with Gasteiger partial charge in [-0.05, 0) is 57.9 Å². The van der Waals surface area contributed by atoms with Crippen molar-refractivity contribution in [2.45, 2.75) is 65.6 Å². The second-order valence-corrected chi connectivity index (χ2v) is 11.2. The number of carbonyl (C=O) groups is 3. The van der Waals surface area contributed by atoms with E-state index < -0.39 is 11.4 Å². The van der Waals surface area contributed by atoms with Crippen molar-refractivity contribution in [2.75, 3.05) is 13.7 Å². The Kier molecular flexibility index (Phi) is 6.84. The number of allylic oxidation sites excluding steroid dienone is 3. The van der Waals surface area contributed by atoms with Crippen LogP contribution in [0.2, 0.25) is 0 Å². The molecular formula is C24H34N2O4S. The van der Waals surface area contributed by atoms with Crippen molar-refractivity contribution in [1.82, 2.24) is 4.90 Å². The Balaban J connectivity index is 1.73. The summed E-state index contributed by atoms with van der Waals surface area (Å²) in [7, 11) is 1.30. The molecule has 170 valence electrons. The van der Waals surface area contributed by atoms with Crippen LogP contribution in [0.5, 0.6) is 0 Å². The quantitative estimate of drug-likeness (QED) is 0.461. The Morgan fingerprint density at radius 1 is 1.35 bits per heavy atom. The molecule has 0 saturated heterocycles. The number of likely N-dealkylation sites (N-methyl/N-ethyl adjacent to an activating group) is 1. The summed E-state index contributed by atoms with van der Waals surface area (Å²) in [5.74, 6) is -1.04. The van der Waals surface area contributed by atoms with Crippen LogP contribution in [0.4, 0.5) is 0 Å². The highest BCUT2D eigenvalue weighted by Crippen LogP contribution is 2.46. The summed E-state index contributed by atoms with van der Waals surface area (Å²) in [6.45, 7) is 10.4. The number of rotatable bonds is 5. The molecule has 0 radical (unpaired) electrons. The molecule has 0 aromatic carbocycles. The number of thioether (sulfide) groups is 1.